The highest BCUT2D eigenvalue weighted by molar-refractivity contribution is 6.30. The van der Waals surface area contributed by atoms with Gasteiger partial charge in [0.1, 0.15) is 0 Å². The number of aliphatic hydroxyl groups excluding tert-OH is 1. The van der Waals surface area contributed by atoms with E-state index >= 15 is 0 Å². The number of hydrogen-bond donors (Lipinski definition) is 1. The summed E-state index contributed by atoms with van der Waals surface area (Å²) in [5.41, 5.74) is 1.97. The molecule has 1 unspecified atom stereocenters. The summed E-state index contributed by atoms with van der Waals surface area (Å²) in [5.74, 6) is 0. The highest BCUT2D eigenvalue weighted by Crippen LogP contribution is 2.27. The number of ether oxygens (including phenoxy) is 1. The van der Waals surface area contributed by atoms with E-state index < -0.39 is 0 Å². The van der Waals surface area contributed by atoms with Crippen LogP contribution in [0.1, 0.15) is 31.7 Å². The highest BCUT2D eigenvalue weighted by Gasteiger charge is 2.22. The first kappa shape index (κ1) is 14.6. The van der Waals surface area contributed by atoms with Crippen molar-refractivity contribution in [2.75, 3.05) is 24.6 Å². The zero-order chi connectivity index (χ0) is 13.7. The predicted molar refractivity (Wildman–Crippen MR) is 78.9 cm³/mol. The van der Waals surface area contributed by atoms with Gasteiger partial charge >= 0.3 is 0 Å². The molecule has 2 rings (SSSR count). The van der Waals surface area contributed by atoms with Gasteiger partial charge in [-0.2, -0.15) is 0 Å². The van der Waals surface area contributed by atoms with Crippen LogP contribution in [0.3, 0.4) is 0 Å². The summed E-state index contributed by atoms with van der Waals surface area (Å²) < 4.78 is 5.85. The quantitative estimate of drug-likeness (QED) is 0.900. The van der Waals surface area contributed by atoms with Gasteiger partial charge in [0.05, 0.1) is 12.7 Å². The number of hydrogen-bond acceptors (Lipinski definition) is 3. The average molecular weight is 284 g/mol. The molecule has 1 aromatic rings. The second-order valence-electron chi connectivity index (χ2n) is 5.01. The Labute approximate surface area is 120 Å². The Morgan fingerprint density at radius 2 is 2.32 bits per heavy atom. The van der Waals surface area contributed by atoms with Gasteiger partial charge in [-0.05, 0) is 37.5 Å². The van der Waals surface area contributed by atoms with E-state index in [-0.39, 0.29) is 6.61 Å². The lowest BCUT2D eigenvalue weighted by Gasteiger charge is -2.35. The number of nitrogens with zero attached hydrogens (tertiary/aromatic N) is 1. The zero-order valence-electron chi connectivity index (χ0n) is 11.4. The number of rotatable bonds is 5. The molecule has 1 atom stereocenters. The van der Waals surface area contributed by atoms with Gasteiger partial charge in [0, 0.05) is 36.0 Å². The number of halogens is 1. The fourth-order valence-electron chi connectivity index (χ4n) is 2.57. The molecule has 1 aliphatic rings. The zero-order valence-corrected chi connectivity index (χ0v) is 12.2. The van der Waals surface area contributed by atoms with Crippen LogP contribution in [0, 0.1) is 0 Å². The Kier molecular flexibility index (Phi) is 5.49. The van der Waals surface area contributed by atoms with Crippen molar-refractivity contribution >= 4 is 17.3 Å². The van der Waals surface area contributed by atoms with Gasteiger partial charge in [-0.1, -0.05) is 18.5 Å². The molecule has 1 saturated heterocycles. The maximum atomic E-state index is 9.46. The Morgan fingerprint density at radius 3 is 3.05 bits per heavy atom. The molecule has 3 nitrogen and oxygen atoms in total. The summed E-state index contributed by atoms with van der Waals surface area (Å²) in [6.07, 6.45) is 3.61. The van der Waals surface area contributed by atoms with Crippen molar-refractivity contribution in [3.63, 3.8) is 0 Å². The molecule has 0 aromatic heterocycles. The van der Waals surface area contributed by atoms with Gasteiger partial charge in [-0.3, -0.25) is 0 Å². The number of piperidine rings is 1. The van der Waals surface area contributed by atoms with Crippen LogP contribution in [0.15, 0.2) is 18.2 Å². The fourth-order valence-corrected chi connectivity index (χ4v) is 2.76. The Hall–Kier alpha value is -0.770. The van der Waals surface area contributed by atoms with Crippen LogP contribution in [0.4, 0.5) is 5.69 Å². The lowest BCUT2D eigenvalue weighted by molar-refractivity contribution is 0.0440. The summed E-state index contributed by atoms with van der Waals surface area (Å²) in [6.45, 7) is 4.89. The summed E-state index contributed by atoms with van der Waals surface area (Å²) in [6, 6.07) is 5.72. The van der Waals surface area contributed by atoms with Gasteiger partial charge in [0.25, 0.3) is 0 Å². The minimum Gasteiger partial charge on any atom is -0.392 e. The van der Waals surface area contributed by atoms with Gasteiger partial charge in [-0.15, -0.1) is 0 Å². The largest absolute Gasteiger partial charge is 0.392 e. The molecule has 0 saturated carbocycles. The molecule has 0 bridgehead atoms. The summed E-state index contributed by atoms with van der Waals surface area (Å²) in [4.78, 5) is 2.30. The van der Waals surface area contributed by atoms with E-state index in [2.05, 4.69) is 11.8 Å². The molecule has 1 fully saturated rings. The molecule has 0 radical (unpaired) electrons. The molecule has 106 valence electrons. The van der Waals surface area contributed by atoms with E-state index in [4.69, 9.17) is 16.3 Å². The molecule has 1 aromatic carbocycles. The summed E-state index contributed by atoms with van der Waals surface area (Å²) in [7, 11) is 0. The molecule has 1 heterocycles. The van der Waals surface area contributed by atoms with Crippen molar-refractivity contribution in [1.29, 1.82) is 0 Å². The van der Waals surface area contributed by atoms with Crippen LogP contribution in [-0.2, 0) is 11.3 Å². The number of aliphatic hydroxyl groups is 1. The van der Waals surface area contributed by atoms with Crippen molar-refractivity contribution in [3.05, 3.63) is 28.8 Å². The van der Waals surface area contributed by atoms with Crippen LogP contribution in [0.5, 0.6) is 0 Å². The predicted octanol–water partition coefficient (Wildman–Crippen LogP) is 3.23. The van der Waals surface area contributed by atoms with Gasteiger partial charge in [0.15, 0.2) is 0 Å². The second kappa shape index (κ2) is 7.13. The lowest BCUT2D eigenvalue weighted by Crippen LogP contribution is -2.40. The Morgan fingerprint density at radius 1 is 1.47 bits per heavy atom. The van der Waals surface area contributed by atoms with Gasteiger partial charge < -0.3 is 14.7 Å². The number of benzene rings is 1. The number of anilines is 1. The topological polar surface area (TPSA) is 32.7 Å². The first-order chi connectivity index (χ1) is 9.24. The SMILES string of the molecule is CCCOC1CCCN(c2ccc(Cl)cc2CO)C1. The molecular formula is C15H22ClNO2. The van der Waals surface area contributed by atoms with Crippen LogP contribution >= 0.6 is 11.6 Å². The lowest BCUT2D eigenvalue weighted by atomic mass is 10.1. The fraction of sp³-hybridized carbons (Fsp3) is 0.600. The smallest absolute Gasteiger partial charge is 0.0750 e. The molecule has 19 heavy (non-hydrogen) atoms. The minimum absolute atomic E-state index is 0.0207. The maximum absolute atomic E-state index is 9.46. The highest BCUT2D eigenvalue weighted by atomic mass is 35.5. The Bertz CT molecular complexity index is 411. The van der Waals surface area contributed by atoms with Crippen molar-refractivity contribution in [2.45, 2.75) is 38.9 Å². The Balaban J connectivity index is 2.08. The van der Waals surface area contributed by atoms with E-state index in [9.17, 15) is 5.11 Å². The second-order valence-corrected chi connectivity index (χ2v) is 5.45. The van der Waals surface area contributed by atoms with Crippen LogP contribution < -0.4 is 4.90 Å². The summed E-state index contributed by atoms with van der Waals surface area (Å²) in [5, 5.41) is 10.1. The van der Waals surface area contributed by atoms with E-state index in [1.807, 2.05) is 18.2 Å². The van der Waals surface area contributed by atoms with E-state index in [1.54, 1.807) is 0 Å². The van der Waals surface area contributed by atoms with Crippen LogP contribution in [-0.4, -0.2) is 30.9 Å². The van der Waals surface area contributed by atoms with E-state index in [1.165, 1.54) is 0 Å². The van der Waals surface area contributed by atoms with Crippen LogP contribution in [0.2, 0.25) is 5.02 Å². The molecule has 0 amide bonds. The molecule has 0 aliphatic carbocycles. The molecular weight excluding hydrogens is 262 g/mol. The minimum atomic E-state index is 0.0207. The average Bonchev–Trinajstić information content (AvgIpc) is 2.45. The van der Waals surface area contributed by atoms with E-state index in [0.717, 1.165) is 50.2 Å². The molecule has 0 spiro atoms. The third-order valence-corrected chi connectivity index (χ3v) is 3.72. The molecule has 1 N–H and O–H groups in total. The first-order valence-electron chi connectivity index (χ1n) is 7.00. The standard InChI is InChI=1S/C15H22ClNO2/c1-2-8-19-14-4-3-7-17(10-14)15-6-5-13(16)9-12(15)11-18/h5-6,9,14,18H,2-4,7-8,10-11H2,1H3. The van der Waals surface area contributed by atoms with Gasteiger partial charge in [-0.25, -0.2) is 0 Å². The molecule has 1 aliphatic heterocycles. The molecule has 4 heteroatoms. The van der Waals surface area contributed by atoms with Crippen molar-refractivity contribution in [2.24, 2.45) is 0 Å². The van der Waals surface area contributed by atoms with Crippen molar-refractivity contribution in [3.8, 4) is 0 Å². The first-order valence-corrected chi connectivity index (χ1v) is 7.38. The van der Waals surface area contributed by atoms with Crippen LogP contribution in [0.25, 0.3) is 0 Å². The third kappa shape index (κ3) is 3.85. The van der Waals surface area contributed by atoms with Gasteiger partial charge in [0.2, 0.25) is 0 Å². The third-order valence-electron chi connectivity index (χ3n) is 3.49. The monoisotopic (exact) mass is 283 g/mol. The van der Waals surface area contributed by atoms with E-state index in [0.29, 0.717) is 11.1 Å². The van der Waals surface area contributed by atoms with Crippen molar-refractivity contribution < 1.29 is 9.84 Å². The summed E-state index contributed by atoms with van der Waals surface area (Å²) >= 11 is 5.98. The maximum Gasteiger partial charge on any atom is 0.0750 e. The van der Waals surface area contributed by atoms with Crippen molar-refractivity contribution in [1.82, 2.24) is 0 Å². The normalized spacial score (nSPS) is 19.7.